The molecule has 0 spiro atoms. The van der Waals surface area contributed by atoms with E-state index in [1.54, 1.807) is 4.90 Å². The molecule has 1 aliphatic rings. The molecule has 2 N–H and O–H groups in total. The lowest BCUT2D eigenvalue weighted by Crippen LogP contribution is -2.39. The fraction of sp³-hybridized carbons (Fsp3) is 0.538. The minimum absolute atomic E-state index is 0.105. The zero-order valence-electron chi connectivity index (χ0n) is 11.3. The van der Waals surface area contributed by atoms with Crippen LogP contribution in [0, 0.1) is 5.92 Å². The summed E-state index contributed by atoms with van der Waals surface area (Å²) in [6.07, 6.45) is 1.68. The number of halogens is 3. The van der Waals surface area contributed by atoms with E-state index in [2.05, 4.69) is 0 Å². The van der Waals surface area contributed by atoms with Gasteiger partial charge in [0.1, 0.15) is 0 Å². The summed E-state index contributed by atoms with van der Waals surface area (Å²) in [5, 5.41) is 0. The first kappa shape index (κ1) is 16.1. The van der Waals surface area contributed by atoms with Crippen molar-refractivity contribution in [2.24, 2.45) is 11.7 Å². The van der Waals surface area contributed by atoms with E-state index in [-0.39, 0.29) is 11.6 Å². The predicted octanol–water partition coefficient (Wildman–Crippen LogP) is 2.16. The van der Waals surface area contributed by atoms with Crippen LogP contribution in [0.1, 0.15) is 12.8 Å². The summed E-state index contributed by atoms with van der Waals surface area (Å²) < 4.78 is 61.7. The Bertz CT molecular complexity index is 602. The van der Waals surface area contributed by atoms with Crippen LogP contribution in [0.4, 0.5) is 18.9 Å². The first-order valence-electron chi connectivity index (χ1n) is 6.62. The highest BCUT2D eigenvalue weighted by Gasteiger charge is 2.48. The number of benzene rings is 1. The number of sulfone groups is 1. The summed E-state index contributed by atoms with van der Waals surface area (Å²) in [6, 6.07) is 5.25. The van der Waals surface area contributed by atoms with E-state index in [1.807, 2.05) is 0 Å². The Kier molecular flexibility index (Phi) is 4.48. The van der Waals surface area contributed by atoms with Gasteiger partial charge in [-0.25, -0.2) is 8.42 Å². The molecule has 1 fully saturated rings. The van der Waals surface area contributed by atoms with Crippen molar-refractivity contribution < 1.29 is 21.6 Å². The van der Waals surface area contributed by atoms with E-state index in [4.69, 9.17) is 5.73 Å². The number of anilines is 1. The summed E-state index contributed by atoms with van der Waals surface area (Å²) in [4.78, 5) is 0.995. The van der Waals surface area contributed by atoms with Gasteiger partial charge in [0.25, 0.3) is 9.84 Å². The van der Waals surface area contributed by atoms with Crippen molar-refractivity contribution in [3.8, 4) is 0 Å². The maximum absolute atomic E-state index is 12.8. The van der Waals surface area contributed by atoms with Gasteiger partial charge < -0.3 is 10.6 Å². The molecule has 1 aromatic carbocycles. The van der Waals surface area contributed by atoms with Gasteiger partial charge in [-0.1, -0.05) is 12.1 Å². The quantitative estimate of drug-likeness (QED) is 0.926. The topological polar surface area (TPSA) is 63.4 Å². The number of rotatable bonds is 3. The molecule has 1 atom stereocenters. The lowest BCUT2D eigenvalue weighted by molar-refractivity contribution is -0.0435. The zero-order valence-corrected chi connectivity index (χ0v) is 12.1. The minimum Gasteiger partial charge on any atom is -0.370 e. The number of hydrogen-bond donors (Lipinski definition) is 1. The fourth-order valence-electron chi connectivity index (χ4n) is 2.55. The van der Waals surface area contributed by atoms with Gasteiger partial charge in [0, 0.05) is 13.1 Å². The summed E-state index contributed by atoms with van der Waals surface area (Å²) in [5.74, 6) is 0.167. The molecule has 4 nitrogen and oxygen atoms in total. The van der Waals surface area contributed by atoms with Crippen LogP contribution in [-0.4, -0.2) is 33.6 Å². The molecule has 21 heavy (non-hydrogen) atoms. The molecular weight excluding hydrogens is 305 g/mol. The van der Waals surface area contributed by atoms with Gasteiger partial charge in [-0.3, -0.25) is 0 Å². The van der Waals surface area contributed by atoms with Gasteiger partial charge in [0.15, 0.2) is 0 Å². The van der Waals surface area contributed by atoms with Gasteiger partial charge in [-0.05, 0) is 37.4 Å². The summed E-state index contributed by atoms with van der Waals surface area (Å²) in [5.41, 5.74) is 0.417. The van der Waals surface area contributed by atoms with Crippen LogP contribution < -0.4 is 10.6 Å². The number of nitrogens with zero attached hydrogens (tertiary/aromatic N) is 1. The van der Waals surface area contributed by atoms with E-state index in [0.29, 0.717) is 19.6 Å². The Morgan fingerprint density at radius 2 is 1.95 bits per heavy atom. The van der Waals surface area contributed by atoms with Crippen molar-refractivity contribution >= 4 is 15.5 Å². The Labute approximate surface area is 121 Å². The minimum atomic E-state index is -5.35. The van der Waals surface area contributed by atoms with E-state index < -0.39 is 20.2 Å². The second-order valence-corrected chi connectivity index (χ2v) is 7.02. The standard InChI is InChI=1S/C13H17F3N2O2S/c14-13(15,16)21(19,20)12-6-2-1-5-11(12)18-7-3-4-10(8-17)9-18/h1-2,5-6,10H,3-4,7-9,17H2. The van der Waals surface area contributed by atoms with Crippen molar-refractivity contribution in [3.05, 3.63) is 24.3 Å². The summed E-state index contributed by atoms with van der Waals surface area (Å²) in [6.45, 7) is 1.44. The van der Waals surface area contributed by atoms with Crippen LogP contribution in [0.2, 0.25) is 0 Å². The molecule has 0 amide bonds. The van der Waals surface area contributed by atoms with Crippen LogP contribution >= 0.6 is 0 Å². The smallest absolute Gasteiger partial charge is 0.370 e. The van der Waals surface area contributed by atoms with E-state index in [1.165, 1.54) is 18.2 Å². The van der Waals surface area contributed by atoms with Crippen LogP contribution in [0.5, 0.6) is 0 Å². The highest BCUT2D eigenvalue weighted by atomic mass is 32.2. The number of para-hydroxylation sites is 1. The first-order valence-corrected chi connectivity index (χ1v) is 8.11. The highest BCUT2D eigenvalue weighted by Crippen LogP contribution is 2.36. The maximum atomic E-state index is 12.8. The van der Waals surface area contributed by atoms with Gasteiger partial charge in [-0.2, -0.15) is 13.2 Å². The van der Waals surface area contributed by atoms with E-state index >= 15 is 0 Å². The van der Waals surface area contributed by atoms with Crippen LogP contribution in [0.3, 0.4) is 0 Å². The van der Waals surface area contributed by atoms with Gasteiger partial charge in [0.05, 0.1) is 10.6 Å². The Balaban J connectivity index is 2.43. The zero-order chi connectivity index (χ0) is 15.7. The van der Waals surface area contributed by atoms with E-state index in [0.717, 1.165) is 18.9 Å². The molecule has 0 saturated carbocycles. The van der Waals surface area contributed by atoms with Crippen molar-refractivity contribution in [2.75, 3.05) is 24.5 Å². The Morgan fingerprint density at radius 3 is 2.57 bits per heavy atom. The highest BCUT2D eigenvalue weighted by molar-refractivity contribution is 7.92. The number of piperidine rings is 1. The van der Waals surface area contributed by atoms with Crippen molar-refractivity contribution in [3.63, 3.8) is 0 Å². The first-order chi connectivity index (χ1) is 9.77. The SMILES string of the molecule is NCC1CCCN(c2ccccc2S(=O)(=O)C(F)(F)F)C1. The van der Waals surface area contributed by atoms with Crippen molar-refractivity contribution in [1.29, 1.82) is 0 Å². The average Bonchev–Trinajstić information content (AvgIpc) is 2.46. The molecule has 1 aromatic rings. The van der Waals surface area contributed by atoms with Gasteiger partial charge >= 0.3 is 5.51 Å². The van der Waals surface area contributed by atoms with Crippen molar-refractivity contribution in [2.45, 2.75) is 23.2 Å². The summed E-state index contributed by atoms with van der Waals surface area (Å²) in [7, 11) is -5.35. The molecule has 0 radical (unpaired) electrons. The molecule has 1 heterocycles. The molecule has 1 unspecified atom stereocenters. The normalized spacial score (nSPS) is 20.6. The molecule has 1 aliphatic heterocycles. The molecule has 0 bridgehead atoms. The summed E-state index contributed by atoms with van der Waals surface area (Å²) >= 11 is 0. The van der Waals surface area contributed by atoms with Crippen LogP contribution in [0.25, 0.3) is 0 Å². The Hall–Kier alpha value is -1.28. The molecular formula is C13H17F3N2O2S. The molecule has 0 aliphatic carbocycles. The number of nitrogens with two attached hydrogens (primary N) is 1. The predicted molar refractivity (Wildman–Crippen MR) is 73.7 cm³/mol. The Morgan fingerprint density at radius 1 is 1.29 bits per heavy atom. The molecule has 8 heteroatoms. The maximum Gasteiger partial charge on any atom is 0.501 e. The lowest BCUT2D eigenvalue weighted by Gasteiger charge is -2.35. The third-order valence-electron chi connectivity index (χ3n) is 3.65. The third-order valence-corrected chi connectivity index (χ3v) is 5.19. The molecule has 1 saturated heterocycles. The third kappa shape index (κ3) is 3.16. The average molecular weight is 322 g/mol. The second kappa shape index (κ2) is 5.84. The second-order valence-electron chi connectivity index (χ2n) is 5.11. The monoisotopic (exact) mass is 322 g/mol. The van der Waals surface area contributed by atoms with Crippen LogP contribution in [0.15, 0.2) is 29.2 Å². The largest absolute Gasteiger partial charge is 0.501 e. The van der Waals surface area contributed by atoms with Crippen LogP contribution in [-0.2, 0) is 9.84 Å². The van der Waals surface area contributed by atoms with Gasteiger partial charge in [0.2, 0.25) is 0 Å². The fourth-order valence-corrected chi connectivity index (χ4v) is 3.53. The molecule has 0 aromatic heterocycles. The molecule has 2 rings (SSSR count). The van der Waals surface area contributed by atoms with E-state index in [9.17, 15) is 21.6 Å². The molecule has 118 valence electrons. The number of hydrogen-bond acceptors (Lipinski definition) is 4. The lowest BCUT2D eigenvalue weighted by atomic mass is 9.98. The number of alkyl halides is 3. The van der Waals surface area contributed by atoms with Crippen molar-refractivity contribution in [1.82, 2.24) is 0 Å². The van der Waals surface area contributed by atoms with Gasteiger partial charge in [-0.15, -0.1) is 0 Å².